The normalized spacial score (nSPS) is 30.5. The van der Waals surface area contributed by atoms with Crippen molar-refractivity contribution >= 4 is 0 Å². The molecule has 1 saturated carbocycles. The van der Waals surface area contributed by atoms with Crippen molar-refractivity contribution in [1.82, 2.24) is 15.1 Å². The van der Waals surface area contributed by atoms with Crippen LogP contribution in [0, 0.1) is 0 Å². The third-order valence-corrected chi connectivity index (χ3v) is 4.60. The van der Waals surface area contributed by atoms with Crippen molar-refractivity contribution in [3.05, 3.63) is 0 Å². The molecule has 106 valence electrons. The van der Waals surface area contributed by atoms with Gasteiger partial charge >= 0.3 is 0 Å². The van der Waals surface area contributed by atoms with E-state index in [0.717, 1.165) is 45.6 Å². The van der Waals surface area contributed by atoms with E-state index in [0.29, 0.717) is 6.04 Å². The fourth-order valence-corrected chi connectivity index (χ4v) is 3.18. The molecule has 0 amide bonds. The van der Waals surface area contributed by atoms with Crippen molar-refractivity contribution in [3.8, 4) is 0 Å². The number of nitrogens with zero attached hydrogens (tertiary/aromatic N) is 2. The lowest BCUT2D eigenvalue weighted by Crippen LogP contribution is -2.55. The lowest BCUT2D eigenvalue weighted by molar-refractivity contribution is 0.00254. The van der Waals surface area contributed by atoms with Crippen LogP contribution in [0.25, 0.3) is 0 Å². The second-order valence-electron chi connectivity index (χ2n) is 6.31. The van der Waals surface area contributed by atoms with Crippen molar-refractivity contribution in [2.45, 2.75) is 43.7 Å². The number of aliphatic hydroxyl groups is 1. The van der Waals surface area contributed by atoms with Gasteiger partial charge in [-0.1, -0.05) is 19.3 Å². The summed E-state index contributed by atoms with van der Waals surface area (Å²) in [6, 6.07) is 0.580. The molecule has 0 aromatic rings. The molecule has 18 heavy (non-hydrogen) atoms. The van der Waals surface area contributed by atoms with Crippen LogP contribution in [0.15, 0.2) is 0 Å². The molecule has 0 bridgehead atoms. The van der Waals surface area contributed by atoms with Gasteiger partial charge in [-0.05, 0) is 26.9 Å². The molecular weight excluding hydrogens is 226 g/mol. The Hall–Kier alpha value is -0.160. The zero-order chi connectivity index (χ0) is 13.0. The standard InChI is InChI=1S/C14H29N3O/c1-16-8-9-17(2)13(11-16)10-15-12-14(18)6-4-3-5-7-14/h13,15,18H,3-12H2,1-2H3. The number of likely N-dealkylation sites (N-methyl/N-ethyl adjacent to an activating group) is 2. The van der Waals surface area contributed by atoms with E-state index in [1.165, 1.54) is 19.3 Å². The third kappa shape index (κ3) is 3.92. The summed E-state index contributed by atoms with van der Waals surface area (Å²) in [6.07, 6.45) is 5.60. The smallest absolute Gasteiger partial charge is 0.0771 e. The Balaban J connectivity index is 1.70. The van der Waals surface area contributed by atoms with Crippen LogP contribution in [-0.4, -0.2) is 73.4 Å². The largest absolute Gasteiger partial charge is 0.389 e. The topological polar surface area (TPSA) is 38.7 Å². The van der Waals surface area contributed by atoms with Gasteiger partial charge in [-0.15, -0.1) is 0 Å². The molecule has 2 fully saturated rings. The van der Waals surface area contributed by atoms with Crippen LogP contribution in [0.1, 0.15) is 32.1 Å². The molecule has 0 radical (unpaired) electrons. The van der Waals surface area contributed by atoms with Crippen LogP contribution in [0.5, 0.6) is 0 Å². The van der Waals surface area contributed by atoms with Gasteiger partial charge in [0.1, 0.15) is 0 Å². The second-order valence-corrected chi connectivity index (χ2v) is 6.31. The summed E-state index contributed by atoms with van der Waals surface area (Å²) in [7, 11) is 4.39. The summed E-state index contributed by atoms with van der Waals surface area (Å²) in [6.45, 7) is 5.19. The Labute approximate surface area is 111 Å². The highest BCUT2D eigenvalue weighted by Gasteiger charge is 2.29. The highest BCUT2D eigenvalue weighted by Crippen LogP contribution is 2.27. The minimum Gasteiger partial charge on any atom is -0.389 e. The number of hydrogen-bond acceptors (Lipinski definition) is 4. The molecule has 0 aromatic heterocycles. The second kappa shape index (κ2) is 6.33. The first kappa shape index (κ1) is 14.3. The van der Waals surface area contributed by atoms with Crippen molar-refractivity contribution in [1.29, 1.82) is 0 Å². The lowest BCUT2D eigenvalue weighted by Gasteiger charge is -2.39. The predicted octanol–water partition coefficient (Wildman–Crippen LogP) is 0.517. The van der Waals surface area contributed by atoms with Gasteiger partial charge < -0.3 is 15.3 Å². The maximum absolute atomic E-state index is 10.4. The molecule has 2 rings (SSSR count). The minimum atomic E-state index is -0.433. The quantitative estimate of drug-likeness (QED) is 0.768. The van der Waals surface area contributed by atoms with Crippen molar-refractivity contribution in [3.63, 3.8) is 0 Å². The molecule has 1 aliphatic heterocycles. The van der Waals surface area contributed by atoms with Gasteiger partial charge in [-0.25, -0.2) is 0 Å². The first-order valence-corrected chi connectivity index (χ1v) is 7.41. The monoisotopic (exact) mass is 255 g/mol. The molecule has 1 unspecified atom stereocenters. The summed E-state index contributed by atoms with van der Waals surface area (Å²) in [4.78, 5) is 4.82. The molecule has 4 nitrogen and oxygen atoms in total. The molecule has 1 aliphatic carbocycles. The van der Waals surface area contributed by atoms with E-state index in [-0.39, 0.29) is 0 Å². The molecule has 0 aromatic carbocycles. The van der Waals surface area contributed by atoms with E-state index in [1.54, 1.807) is 0 Å². The first-order chi connectivity index (χ1) is 8.59. The molecule has 1 saturated heterocycles. The fourth-order valence-electron chi connectivity index (χ4n) is 3.18. The molecule has 1 heterocycles. The average molecular weight is 255 g/mol. The summed E-state index contributed by atoms with van der Waals surface area (Å²) in [5.74, 6) is 0. The maximum atomic E-state index is 10.4. The predicted molar refractivity (Wildman–Crippen MR) is 74.8 cm³/mol. The lowest BCUT2D eigenvalue weighted by atomic mass is 9.85. The van der Waals surface area contributed by atoms with Gasteiger partial charge in [0.05, 0.1) is 5.60 Å². The first-order valence-electron chi connectivity index (χ1n) is 7.41. The number of nitrogens with one attached hydrogen (secondary N) is 1. The van der Waals surface area contributed by atoms with Gasteiger partial charge in [-0.3, -0.25) is 4.90 Å². The Morgan fingerprint density at radius 1 is 1.17 bits per heavy atom. The van der Waals surface area contributed by atoms with Crippen molar-refractivity contribution in [2.24, 2.45) is 0 Å². The molecule has 2 N–H and O–H groups in total. The van der Waals surface area contributed by atoms with Crippen LogP contribution < -0.4 is 5.32 Å². The van der Waals surface area contributed by atoms with E-state index >= 15 is 0 Å². The van der Waals surface area contributed by atoms with E-state index in [1.807, 2.05) is 0 Å². The number of piperazine rings is 1. The van der Waals surface area contributed by atoms with Gasteiger partial charge in [0.15, 0.2) is 0 Å². The molecule has 2 aliphatic rings. The van der Waals surface area contributed by atoms with Gasteiger partial charge in [0, 0.05) is 38.8 Å². The minimum absolute atomic E-state index is 0.433. The summed E-state index contributed by atoms with van der Waals surface area (Å²) in [5.41, 5.74) is -0.433. The molecule has 4 heteroatoms. The van der Waals surface area contributed by atoms with Crippen molar-refractivity contribution in [2.75, 3.05) is 46.8 Å². The van der Waals surface area contributed by atoms with Crippen LogP contribution in [0.4, 0.5) is 0 Å². The van der Waals surface area contributed by atoms with Crippen LogP contribution in [0.3, 0.4) is 0 Å². The van der Waals surface area contributed by atoms with Gasteiger partial charge in [0.2, 0.25) is 0 Å². The summed E-state index contributed by atoms with van der Waals surface area (Å²) >= 11 is 0. The third-order valence-electron chi connectivity index (χ3n) is 4.60. The number of hydrogen-bond donors (Lipinski definition) is 2. The van der Waals surface area contributed by atoms with E-state index in [9.17, 15) is 5.11 Å². The highest BCUT2D eigenvalue weighted by atomic mass is 16.3. The van der Waals surface area contributed by atoms with E-state index < -0.39 is 5.60 Å². The Bertz CT molecular complexity index is 253. The molecular formula is C14H29N3O. The zero-order valence-corrected chi connectivity index (χ0v) is 12.0. The van der Waals surface area contributed by atoms with E-state index in [2.05, 4.69) is 29.2 Å². The van der Waals surface area contributed by atoms with Crippen LogP contribution in [-0.2, 0) is 0 Å². The highest BCUT2D eigenvalue weighted by molar-refractivity contribution is 4.86. The maximum Gasteiger partial charge on any atom is 0.0771 e. The van der Waals surface area contributed by atoms with Gasteiger partial charge in [0.25, 0.3) is 0 Å². The Morgan fingerprint density at radius 3 is 2.61 bits per heavy atom. The molecule has 1 atom stereocenters. The van der Waals surface area contributed by atoms with Crippen molar-refractivity contribution < 1.29 is 5.11 Å². The average Bonchev–Trinajstić information content (AvgIpc) is 2.34. The van der Waals surface area contributed by atoms with Crippen LogP contribution in [0.2, 0.25) is 0 Å². The summed E-state index contributed by atoms with van der Waals surface area (Å²) < 4.78 is 0. The SMILES string of the molecule is CN1CCN(C)C(CNCC2(O)CCCCC2)C1. The molecule has 0 spiro atoms. The zero-order valence-electron chi connectivity index (χ0n) is 12.0. The van der Waals surface area contributed by atoms with E-state index in [4.69, 9.17) is 0 Å². The number of rotatable bonds is 4. The Kier molecular flexibility index (Phi) is 5.01. The summed E-state index contributed by atoms with van der Waals surface area (Å²) in [5, 5.41) is 13.9. The van der Waals surface area contributed by atoms with Crippen LogP contribution >= 0.6 is 0 Å². The fraction of sp³-hybridized carbons (Fsp3) is 1.00. The Morgan fingerprint density at radius 2 is 1.89 bits per heavy atom. The van der Waals surface area contributed by atoms with Gasteiger partial charge in [-0.2, -0.15) is 0 Å².